The van der Waals surface area contributed by atoms with Crippen molar-refractivity contribution in [1.82, 2.24) is 14.8 Å². The highest BCUT2D eigenvalue weighted by atomic mass is 15.3. The lowest BCUT2D eigenvalue weighted by Crippen LogP contribution is -2.11. The maximum absolute atomic E-state index is 5.29. The van der Waals surface area contributed by atoms with Gasteiger partial charge >= 0.3 is 0 Å². The zero-order chi connectivity index (χ0) is 11.9. The number of pyridine rings is 1. The number of anilines is 2. The summed E-state index contributed by atoms with van der Waals surface area (Å²) in [5, 5.41) is 7.37. The van der Waals surface area contributed by atoms with Crippen molar-refractivity contribution in [1.29, 1.82) is 0 Å². The molecule has 0 spiro atoms. The Balaban J connectivity index is 1.74. The molecule has 0 unspecified atom stereocenters. The standard InChI is InChI=1S/C11H16N6/c12-16-11-5-1-4-10(15-11)13-6-2-8-17-9-3-7-14-17/h1,3-5,7,9H,2,6,8,12H2,(H2,13,15,16). The van der Waals surface area contributed by atoms with Crippen LogP contribution in [-0.2, 0) is 6.54 Å². The SMILES string of the molecule is NNc1cccc(NCCCn2cccn2)n1. The number of hydrogen-bond donors (Lipinski definition) is 3. The lowest BCUT2D eigenvalue weighted by Gasteiger charge is -2.07. The molecular weight excluding hydrogens is 216 g/mol. The topological polar surface area (TPSA) is 80.8 Å². The molecule has 17 heavy (non-hydrogen) atoms. The van der Waals surface area contributed by atoms with Crippen LogP contribution >= 0.6 is 0 Å². The van der Waals surface area contributed by atoms with Crippen molar-refractivity contribution in [2.24, 2.45) is 5.84 Å². The van der Waals surface area contributed by atoms with Crippen LogP contribution in [0.15, 0.2) is 36.7 Å². The van der Waals surface area contributed by atoms with Crippen LogP contribution < -0.4 is 16.6 Å². The molecule has 6 heteroatoms. The lowest BCUT2D eigenvalue weighted by molar-refractivity contribution is 0.591. The number of aryl methyl sites for hydroxylation is 1. The molecule has 0 saturated carbocycles. The van der Waals surface area contributed by atoms with E-state index in [1.807, 2.05) is 35.1 Å². The van der Waals surface area contributed by atoms with Crippen molar-refractivity contribution in [2.45, 2.75) is 13.0 Å². The van der Waals surface area contributed by atoms with Crippen molar-refractivity contribution in [3.8, 4) is 0 Å². The molecule has 0 aromatic carbocycles. The van der Waals surface area contributed by atoms with Crippen LogP contribution in [0.1, 0.15) is 6.42 Å². The number of nitrogen functional groups attached to an aromatic ring is 1. The molecule has 2 heterocycles. The predicted molar refractivity (Wildman–Crippen MR) is 67.4 cm³/mol. The van der Waals surface area contributed by atoms with Crippen LogP contribution in [0, 0.1) is 0 Å². The second kappa shape index (κ2) is 5.86. The summed E-state index contributed by atoms with van der Waals surface area (Å²) in [6, 6.07) is 7.55. The van der Waals surface area contributed by atoms with Crippen LogP contribution in [0.5, 0.6) is 0 Å². The van der Waals surface area contributed by atoms with Gasteiger partial charge in [0.15, 0.2) is 0 Å². The van der Waals surface area contributed by atoms with Crippen molar-refractivity contribution in [2.75, 3.05) is 17.3 Å². The summed E-state index contributed by atoms with van der Waals surface area (Å²) >= 11 is 0. The first-order valence-electron chi connectivity index (χ1n) is 5.53. The second-order valence-electron chi connectivity index (χ2n) is 3.60. The van der Waals surface area contributed by atoms with Gasteiger partial charge in [-0.1, -0.05) is 6.07 Å². The summed E-state index contributed by atoms with van der Waals surface area (Å²) in [4.78, 5) is 4.26. The maximum atomic E-state index is 5.29. The normalized spacial score (nSPS) is 10.2. The molecule has 0 saturated heterocycles. The van der Waals surface area contributed by atoms with E-state index < -0.39 is 0 Å². The number of nitrogens with one attached hydrogen (secondary N) is 2. The third kappa shape index (κ3) is 3.46. The Bertz CT molecular complexity index is 439. The zero-order valence-corrected chi connectivity index (χ0v) is 9.50. The van der Waals surface area contributed by atoms with Gasteiger partial charge in [-0.25, -0.2) is 10.8 Å². The molecule has 0 radical (unpaired) electrons. The minimum atomic E-state index is 0.655. The minimum Gasteiger partial charge on any atom is -0.370 e. The highest BCUT2D eigenvalue weighted by Gasteiger charge is 1.95. The van der Waals surface area contributed by atoms with Crippen molar-refractivity contribution in [3.63, 3.8) is 0 Å². The van der Waals surface area contributed by atoms with Crippen molar-refractivity contribution < 1.29 is 0 Å². The van der Waals surface area contributed by atoms with E-state index in [0.717, 1.165) is 25.3 Å². The molecular formula is C11H16N6. The molecule has 0 bridgehead atoms. The predicted octanol–water partition coefficient (Wildman–Crippen LogP) is 1.07. The van der Waals surface area contributed by atoms with Gasteiger partial charge in [-0.05, 0) is 24.6 Å². The molecule has 0 aliphatic carbocycles. The second-order valence-corrected chi connectivity index (χ2v) is 3.60. The molecule has 90 valence electrons. The number of hydrazine groups is 1. The number of nitrogens with two attached hydrogens (primary N) is 1. The van der Waals surface area contributed by atoms with Gasteiger partial charge in [-0.3, -0.25) is 4.68 Å². The number of nitrogens with zero attached hydrogens (tertiary/aromatic N) is 3. The van der Waals surface area contributed by atoms with Gasteiger partial charge in [-0.15, -0.1) is 0 Å². The summed E-state index contributed by atoms with van der Waals surface area (Å²) < 4.78 is 1.91. The van der Waals surface area contributed by atoms with Crippen LogP contribution in [0.2, 0.25) is 0 Å². The van der Waals surface area contributed by atoms with Crippen LogP contribution in [0.4, 0.5) is 11.6 Å². The van der Waals surface area contributed by atoms with E-state index in [9.17, 15) is 0 Å². The quantitative estimate of drug-likeness (QED) is 0.394. The zero-order valence-electron chi connectivity index (χ0n) is 9.50. The monoisotopic (exact) mass is 232 g/mol. The highest BCUT2D eigenvalue weighted by Crippen LogP contribution is 2.07. The molecule has 6 nitrogen and oxygen atoms in total. The van der Waals surface area contributed by atoms with Gasteiger partial charge in [-0.2, -0.15) is 5.10 Å². The first kappa shape index (κ1) is 11.4. The fourth-order valence-electron chi connectivity index (χ4n) is 1.50. The summed E-state index contributed by atoms with van der Waals surface area (Å²) in [5.41, 5.74) is 2.51. The molecule has 0 atom stereocenters. The van der Waals surface area contributed by atoms with Crippen LogP contribution in [0.3, 0.4) is 0 Å². The van der Waals surface area contributed by atoms with E-state index in [1.54, 1.807) is 6.20 Å². The molecule has 0 amide bonds. The Hall–Kier alpha value is -2.08. The Labute approximate surface area is 99.8 Å². The van der Waals surface area contributed by atoms with Gasteiger partial charge in [0.25, 0.3) is 0 Å². The van der Waals surface area contributed by atoms with E-state index in [1.165, 1.54) is 0 Å². The molecule has 0 fully saturated rings. The largest absolute Gasteiger partial charge is 0.370 e. The Morgan fingerprint density at radius 1 is 1.24 bits per heavy atom. The molecule has 0 aliphatic heterocycles. The van der Waals surface area contributed by atoms with E-state index in [-0.39, 0.29) is 0 Å². The maximum Gasteiger partial charge on any atom is 0.142 e. The minimum absolute atomic E-state index is 0.655. The van der Waals surface area contributed by atoms with Gasteiger partial charge in [0.2, 0.25) is 0 Å². The number of aromatic nitrogens is 3. The van der Waals surface area contributed by atoms with E-state index in [2.05, 4.69) is 20.8 Å². The fraction of sp³-hybridized carbons (Fsp3) is 0.273. The fourth-order valence-corrected chi connectivity index (χ4v) is 1.50. The molecule has 2 rings (SSSR count). The first-order chi connectivity index (χ1) is 8.38. The third-order valence-electron chi connectivity index (χ3n) is 2.33. The Morgan fingerprint density at radius 2 is 2.12 bits per heavy atom. The summed E-state index contributed by atoms with van der Waals surface area (Å²) in [6.07, 6.45) is 4.73. The van der Waals surface area contributed by atoms with E-state index >= 15 is 0 Å². The van der Waals surface area contributed by atoms with Crippen molar-refractivity contribution in [3.05, 3.63) is 36.7 Å². The average molecular weight is 232 g/mol. The highest BCUT2D eigenvalue weighted by molar-refractivity contribution is 5.44. The lowest BCUT2D eigenvalue weighted by atomic mass is 10.4. The van der Waals surface area contributed by atoms with Crippen molar-refractivity contribution >= 4 is 11.6 Å². The first-order valence-corrected chi connectivity index (χ1v) is 5.53. The molecule has 4 N–H and O–H groups in total. The van der Waals surface area contributed by atoms with Crippen LogP contribution in [0.25, 0.3) is 0 Å². The molecule has 0 aliphatic rings. The summed E-state index contributed by atoms with van der Waals surface area (Å²) in [6.45, 7) is 1.75. The average Bonchev–Trinajstić information content (AvgIpc) is 2.88. The van der Waals surface area contributed by atoms with Gasteiger partial charge in [0, 0.05) is 25.5 Å². The van der Waals surface area contributed by atoms with Gasteiger partial charge < -0.3 is 10.7 Å². The Kier molecular flexibility index (Phi) is 3.93. The molecule has 2 aromatic rings. The number of rotatable bonds is 6. The van der Waals surface area contributed by atoms with Gasteiger partial charge in [0.05, 0.1) is 0 Å². The van der Waals surface area contributed by atoms with E-state index in [4.69, 9.17) is 5.84 Å². The van der Waals surface area contributed by atoms with Crippen LogP contribution in [-0.4, -0.2) is 21.3 Å². The summed E-state index contributed by atoms with van der Waals surface area (Å²) in [7, 11) is 0. The van der Waals surface area contributed by atoms with E-state index in [0.29, 0.717) is 5.82 Å². The van der Waals surface area contributed by atoms with Gasteiger partial charge in [0.1, 0.15) is 11.6 Å². The smallest absolute Gasteiger partial charge is 0.142 e. The summed E-state index contributed by atoms with van der Waals surface area (Å²) in [5.74, 6) is 6.76. The third-order valence-corrected chi connectivity index (χ3v) is 2.33. The molecule has 2 aromatic heterocycles. The number of hydrogen-bond acceptors (Lipinski definition) is 5. The Morgan fingerprint density at radius 3 is 2.88 bits per heavy atom.